The molecule has 0 saturated carbocycles. The smallest absolute Gasteiger partial charge is 0.0434 e. The second-order valence-corrected chi connectivity index (χ2v) is 4.58. The van der Waals surface area contributed by atoms with Gasteiger partial charge in [0, 0.05) is 19.7 Å². The fourth-order valence-corrected chi connectivity index (χ4v) is 2.11. The van der Waals surface area contributed by atoms with Gasteiger partial charge in [-0.05, 0) is 37.0 Å². The Balaban J connectivity index is 2.17. The van der Waals surface area contributed by atoms with E-state index in [1.54, 1.807) is 0 Å². The number of hydrogen-bond acceptors (Lipinski definition) is 3. The van der Waals surface area contributed by atoms with Crippen molar-refractivity contribution in [2.45, 2.75) is 19.8 Å². The Labute approximate surface area is 86.7 Å². The first-order valence-corrected chi connectivity index (χ1v) is 5.83. The standard InChI is InChI=1S/C10H21NOS/c1-9(8-13)6-11-4-2-10(7-11)3-5-12/h9-10,12-13H,2-8H2,1H3. The third-order valence-corrected chi connectivity index (χ3v) is 3.41. The Hall–Kier alpha value is 0.270. The number of likely N-dealkylation sites (tertiary alicyclic amines) is 1. The topological polar surface area (TPSA) is 23.5 Å². The molecule has 1 saturated heterocycles. The van der Waals surface area contributed by atoms with Crippen molar-refractivity contribution in [3.63, 3.8) is 0 Å². The first-order valence-electron chi connectivity index (χ1n) is 5.20. The number of aliphatic hydroxyl groups excluding tert-OH is 1. The fourth-order valence-electron chi connectivity index (χ4n) is 2.00. The maximum absolute atomic E-state index is 8.81. The normalized spacial score (nSPS) is 26.5. The summed E-state index contributed by atoms with van der Waals surface area (Å²) in [5.41, 5.74) is 0. The summed E-state index contributed by atoms with van der Waals surface area (Å²) in [4.78, 5) is 2.50. The van der Waals surface area contributed by atoms with E-state index in [0.717, 1.165) is 18.1 Å². The number of thiol groups is 1. The van der Waals surface area contributed by atoms with Crippen molar-refractivity contribution < 1.29 is 5.11 Å². The zero-order valence-corrected chi connectivity index (χ0v) is 9.34. The maximum Gasteiger partial charge on any atom is 0.0434 e. The minimum Gasteiger partial charge on any atom is -0.396 e. The molecule has 1 aliphatic heterocycles. The van der Waals surface area contributed by atoms with Crippen LogP contribution >= 0.6 is 12.6 Å². The molecule has 1 aliphatic rings. The average molecular weight is 203 g/mol. The monoisotopic (exact) mass is 203 g/mol. The summed E-state index contributed by atoms with van der Waals surface area (Å²) in [5, 5.41) is 8.81. The summed E-state index contributed by atoms with van der Waals surface area (Å²) in [7, 11) is 0. The van der Waals surface area contributed by atoms with Crippen LogP contribution in [0.2, 0.25) is 0 Å². The molecule has 2 nitrogen and oxygen atoms in total. The molecule has 0 aromatic heterocycles. The van der Waals surface area contributed by atoms with E-state index in [2.05, 4.69) is 24.5 Å². The first-order chi connectivity index (χ1) is 6.26. The van der Waals surface area contributed by atoms with E-state index in [1.165, 1.54) is 26.1 Å². The van der Waals surface area contributed by atoms with Gasteiger partial charge < -0.3 is 10.0 Å². The van der Waals surface area contributed by atoms with Crippen LogP contribution in [0.1, 0.15) is 19.8 Å². The summed E-state index contributed by atoms with van der Waals surface area (Å²) < 4.78 is 0. The molecule has 0 bridgehead atoms. The average Bonchev–Trinajstić information content (AvgIpc) is 2.53. The van der Waals surface area contributed by atoms with Gasteiger partial charge in [0.2, 0.25) is 0 Å². The van der Waals surface area contributed by atoms with Crippen LogP contribution in [-0.2, 0) is 0 Å². The van der Waals surface area contributed by atoms with E-state index >= 15 is 0 Å². The Morgan fingerprint density at radius 3 is 3.00 bits per heavy atom. The molecule has 0 radical (unpaired) electrons. The van der Waals surface area contributed by atoms with Crippen molar-refractivity contribution in [1.82, 2.24) is 4.90 Å². The van der Waals surface area contributed by atoms with Gasteiger partial charge in [0.1, 0.15) is 0 Å². The molecular formula is C10H21NOS. The predicted octanol–water partition coefficient (Wildman–Crippen LogP) is 1.26. The van der Waals surface area contributed by atoms with Crippen molar-refractivity contribution in [2.75, 3.05) is 32.0 Å². The van der Waals surface area contributed by atoms with Gasteiger partial charge in [0.25, 0.3) is 0 Å². The van der Waals surface area contributed by atoms with Gasteiger partial charge in [-0.25, -0.2) is 0 Å². The summed E-state index contributed by atoms with van der Waals surface area (Å²) in [6.45, 7) is 6.15. The fraction of sp³-hybridized carbons (Fsp3) is 1.00. The number of rotatable bonds is 5. The summed E-state index contributed by atoms with van der Waals surface area (Å²) in [6.07, 6.45) is 2.24. The van der Waals surface area contributed by atoms with Gasteiger partial charge in [-0.15, -0.1) is 0 Å². The van der Waals surface area contributed by atoms with E-state index in [-0.39, 0.29) is 0 Å². The van der Waals surface area contributed by atoms with Crippen LogP contribution in [0.4, 0.5) is 0 Å². The molecule has 0 aliphatic carbocycles. The molecule has 1 heterocycles. The van der Waals surface area contributed by atoms with Gasteiger partial charge in [0.05, 0.1) is 0 Å². The third kappa shape index (κ3) is 3.88. The summed E-state index contributed by atoms with van der Waals surface area (Å²) in [5.74, 6) is 2.40. The molecule has 3 heteroatoms. The van der Waals surface area contributed by atoms with Crippen molar-refractivity contribution in [3.05, 3.63) is 0 Å². The van der Waals surface area contributed by atoms with Crippen LogP contribution in [0, 0.1) is 11.8 Å². The molecule has 1 fully saturated rings. The second kappa shape index (κ2) is 5.89. The van der Waals surface area contributed by atoms with Crippen LogP contribution in [-0.4, -0.2) is 42.0 Å². The predicted molar refractivity (Wildman–Crippen MR) is 59.3 cm³/mol. The van der Waals surface area contributed by atoms with Crippen LogP contribution in [0.15, 0.2) is 0 Å². The maximum atomic E-state index is 8.81. The van der Waals surface area contributed by atoms with Gasteiger partial charge in [-0.1, -0.05) is 6.92 Å². The molecule has 1 N–H and O–H groups in total. The number of nitrogens with zero attached hydrogens (tertiary/aromatic N) is 1. The quantitative estimate of drug-likeness (QED) is 0.657. The van der Waals surface area contributed by atoms with Crippen LogP contribution in [0.25, 0.3) is 0 Å². The molecule has 0 spiro atoms. The second-order valence-electron chi connectivity index (χ2n) is 4.21. The highest BCUT2D eigenvalue weighted by molar-refractivity contribution is 7.80. The minimum atomic E-state index is 0.348. The summed E-state index contributed by atoms with van der Waals surface area (Å²) >= 11 is 4.29. The molecule has 0 amide bonds. The van der Waals surface area contributed by atoms with Gasteiger partial charge in [-0.3, -0.25) is 0 Å². The zero-order valence-electron chi connectivity index (χ0n) is 8.45. The highest BCUT2D eigenvalue weighted by Crippen LogP contribution is 2.20. The highest BCUT2D eigenvalue weighted by Gasteiger charge is 2.22. The molecule has 2 unspecified atom stereocenters. The Bertz CT molecular complexity index is 143. The third-order valence-electron chi connectivity index (χ3n) is 2.79. The molecule has 2 atom stereocenters. The van der Waals surface area contributed by atoms with Crippen molar-refractivity contribution in [3.8, 4) is 0 Å². The van der Waals surface area contributed by atoms with Crippen molar-refractivity contribution in [2.24, 2.45) is 11.8 Å². The Morgan fingerprint density at radius 1 is 1.62 bits per heavy atom. The van der Waals surface area contributed by atoms with E-state index in [4.69, 9.17) is 5.11 Å². The Kier molecular flexibility index (Phi) is 5.14. The highest BCUT2D eigenvalue weighted by atomic mass is 32.1. The van der Waals surface area contributed by atoms with Gasteiger partial charge >= 0.3 is 0 Å². The molecule has 1 rings (SSSR count). The molecular weight excluding hydrogens is 182 g/mol. The Morgan fingerprint density at radius 2 is 2.38 bits per heavy atom. The molecule has 78 valence electrons. The summed E-state index contributed by atoms with van der Waals surface area (Å²) in [6, 6.07) is 0. The van der Waals surface area contributed by atoms with Crippen LogP contribution < -0.4 is 0 Å². The SMILES string of the molecule is CC(CS)CN1CCC(CCO)C1. The van der Waals surface area contributed by atoms with E-state index in [9.17, 15) is 0 Å². The first kappa shape index (κ1) is 11.3. The number of aliphatic hydroxyl groups is 1. The molecule has 0 aromatic rings. The zero-order chi connectivity index (χ0) is 9.68. The molecule has 13 heavy (non-hydrogen) atoms. The lowest BCUT2D eigenvalue weighted by atomic mass is 10.1. The largest absolute Gasteiger partial charge is 0.396 e. The van der Waals surface area contributed by atoms with E-state index in [0.29, 0.717) is 12.5 Å². The molecule has 0 aromatic carbocycles. The lowest BCUT2D eigenvalue weighted by Crippen LogP contribution is -2.27. The number of hydrogen-bond donors (Lipinski definition) is 2. The van der Waals surface area contributed by atoms with Gasteiger partial charge in [-0.2, -0.15) is 12.6 Å². The minimum absolute atomic E-state index is 0.348. The van der Waals surface area contributed by atoms with Crippen LogP contribution in [0.5, 0.6) is 0 Å². The van der Waals surface area contributed by atoms with Crippen LogP contribution in [0.3, 0.4) is 0 Å². The van der Waals surface area contributed by atoms with E-state index < -0.39 is 0 Å². The lowest BCUT2D eigenvalue weighted by Gasteiger charge is -2.19. The van der Waals surface area contributed by atoms with E-state index in [1.807, 2.05) is 0 Å². The van der Waals surface area contributed by atoms with Gasteiger partial charge in [0.15, 0.2) is 0 Å². The van der Waals surface area contributed by atoms with Crippen molar-refractivity contribution in [1.29, 1.82) is 0 Å². The lowest BCUT2D eigenvalue weighted by molar-refractivity contribution is 0.245. The van der Waals surface area contributed by atoms with Crippen molar-refractivity contribution >= 4 is 12.6 Å².